The first-order valence-corrected chi connectivity index (χ1v) is 8.79. The van der Waals surface area contributed by atoms with Gasteiger partial charge in [-0.05, 0) is 41.7 Å². The maximum absolute atomic E-state index is 11.9. The van der Waals surface area contributed by atoms with Gasteiger partial charge in [0.15, 0.2) is 6.61 Å². The monoisotopic (exact) mass is 327 g/mol. The van der Waals surface area contributed by atoms with Gasteiger partial charge in [-0.2, -0.15) is 0 Å². The summed E-state index contributed by atoms with van der Waals surface area (Å²) >= 11 is 0. The van der Waals surface area contributed by atoms with Gasteiger partial charge < -0.3 is 15.2 Å². The molecule has 1 atom stereocenters. The van der Waals surface area contributed by atoms with Gasteiger partial charge in [0.05, 0.1) is 6.10 Å². The zero-order chi connectivity index (χ0) is 16.8. The highest BCUT2D eigenvalue weighted by Crippen LogP contribution is 2.26. The van der Waals surface area contributed by atoms with Crippen LogP contribution in [0.3, 0.4) is 0 Å². The minimum Gasteiger partial charge on any atom is -0.484 e. The number of benzene rings is 2. The van der Waals surface area contributed by atoms with Crippen LogP contribution in [0.5, 0.6) is 5.75 Å². The Labute approximate surface area is 142 Å². The molecule has 2 aromatic rings. The van der Waals surface area contributed by atoms with Gasteiger partial charge in [0.25, 0.3) is 5.91 Å². The highest BCUT2D eigenvalue weighted by Gasteiger charge is 2.21. The van der Waals surface area contributed by atoms with E-state index >= 15 is 0 Å². The van der Waals surface area contributed by atoms with Crippen LogP contribution in [0.1, 0.15) is 32.1 Å². The maximum Gasteiger partial charge on any atom is 0.258 e. The average molecular weight is 327 g/mol. The third-order valence-corrected chi connectivity index (χ3v) is 4.79. The first-order valence-electron chi connectivity index (χ1n) is 8.79. The molecular formula is C20H25NO3. The van der Waals surface area contributed by atoms with Crippen molar-refractivity contribution in [1.29, 1.82) is 0 Å². The fraction of sp³-hybridized carbons (Fsp3) is 0.450. The van der Waals surface area contributed by atoms with Crippen molar-refractivity contribution in [3.8, 4) is 5.75 Å². The number of rotatable bonds is 6. The van der Waals surface area contributed by atoms with Crippen molar-refractivity contribution in [2.24, 2.45) is 5.92 Å². The van der Waals surface area contributed by atoms with Crippen LogP contribution < -0.4 is 10.1 Å². The second-order valence-corrected chi connectivity index (χ2v) is 6.57. The number of aliphatic hydroxyl groups is 1. The molecule has 1 fully saturated rings. The molecule has 1 amide bonds. The van der Waals surface area contributed by atoms with Crippen molar-refractivity contribution in [1.82, 2.24) is 5.32 Å². The summed E-state index contributed by atoms with van der Waals surface area (Å²) in [6, 6.07) is 13.8. The normalized spacial score (nSPS) is 16.7. The highest BCUT2D eigenvalue weighted by atomic mass is 16.5. The van der Waals surface area contributed by atoms with Gasteiger partial charge in [-0.25, -0.2) is 0 Å². The molecule has 0 aliphatic heterocycles. The minimum atomic E-state index is -0.449. The van der Waals surface area contributed by atoms with E-state index in [1.165, 1.54) is 19.3 Å². The van der Waals surface area contributed by atoms with Crippen LogP contribution in [0.15, 0.2) is 42.5 Å². The number of carbonyl (C=O) groups is 1. The second kappa shape index (κ2) is 8.15. The quantitative estimate of drug-likeness (QED) is 0.856. The Morgan fingerprint density at radius 1 is 1.12 bits per heavy atom. The van der Waals surface area contributed by atoms with Crippen LogP contribution in [-0.4, -0.2) is 30.3 Å². The molecule has 0 saturated heterocycles. The van der Waals surface area contributed by atoms with E-state index in [-0.39, 0.29) is 12.5 Å². The van der Waals surface area contributed by atoms with E-state index in [0.29, 0.717) is 18.2 Å². The van der Waals surface area contributed by atoms with E-state index in [1.54, 1.807) is 0 Å². The molecule has 2 N–H and O–H groups in total. The van der Waals surface area contributed by atoms with Crippen molar-refractivity contribution in [3.63, 3.8) is 0 Å². The number of hydrogen-bond acceptors (Lipinski definition) is 3. The Hall–Kier alpha value is -2.07. The standard InChI is InChI=1S/C20H25NO3/c22-19(16-7-2-1-3-8-16)13-21-20(23)14-24-18-11-10-15-6-4-5-9-17(15)12-18/h4-6,9-12,16,19,22H,1-3,7-8,13-14H2,(H,21,23)/t19-/m0/s1. The van der Waals surface area contributed by atoms with Crippen molar-refractivity contribution >= 4 is 16.7 Å². The molecule has 1 aliphatic carbocycles. The Morgan fingerprint density at radius 2 is 1.88 bits per heavy atom. The molecule has 0 bridgehead atoms. The van der Waals surface area contributed by atoms with E-state index in [0.717, 1.165) is 23.6 Å². The molecule has 2 aromatic carbocycles. The number of aliphatic hydroxyl groups excluding tert-OH is 1. The van der Waals surface area contributed by atoms with E-state index in [9.17, 15) is 9.90 Å². The minimum absolute atomic E-state index is 0.0320. The molecule has 4 nitrogen and oxygen atoms in total. The molecular weight excluding hydrogens is 302 g/mol. The summed E-state index contributed by atoms with van der Waals surface area (Å²) in [5.74, 6) is 0.801. The molecule has 3 rings (SSSR count). The maximum atomic E-state index is 11.9. The van der Waals surface area contributed by atoms with E-state index < -0.39 is 6.10 Å². The topological polar surface area (TPSA) is 58.6 Å². The average Bonchev–Trinajstić information content (AvgIpc) is 2.65. The summed E-state index contributed by atoms with van der Waals surface area (Å²) in [4.78, 5) is 11.9. The summed E-state index contributed by atoms with van der Waals surface area (Å²) < 4.78 is 5.56. The Kier molecular flexibility index (Phi) is 5.70. The van der Waals surface area contributed by atoms with Gasteiger partial charge in [-0.15, -0.1) is 0 Å². The fourth-order valence-electron chi connectivity index (χ4n) is 3.36. The zero-order valence-corrected chi connectivity index (χ0v) is 13.9. The molecule has 0 heterocycles. The molecule has 0 aromatic heterocycles. The lowest BCUT2D eigenvalue weighted by Crippen LogP contribution is -2.39. The van der Waals surface area contributed by atoms with Crippen molar-refractivity contribution in [3.05, 3.63) is 42.5 Å². The number of amides is 1. The Morgan fingerprint density at radius 3 is 2.67 bits per heavy atom. The SMILES string of the molecule is O=C(COc1ccc2ccccc2c1)NC[C@H](O)C1CCCCC1. The number of fused-ring (bicyclic) bond motifs is 1. The summed E-state index contributed by atoms with van der Waals surface area (Å²) in [5.41, 5.74) is 0. The first kappa shape index (κ1) is 16.8. The summed E-state index contributed by atoms with van der Waals surface area (Å²) in [6.07, 6.45) is 5.29. The van der Waals surface area contributed by atoms with Crippen LogP contribution in [0.25, 0.3) is 10.8 Å². The van der Waals surface area contributed by atoms with Gasteiger partial charge in [0.1, 0.15) is 5.75 Å². The predicted octanol–water partition coefficient (Wildman–Crippen LogP) is 3.28. The molecule has 1 aliphatic rings. The lowest BCUT2D eigenvalue weighted by atomic mass is 9.85. The predicted molar refractivity (Wildman–Crippen MR) is 95.0 cm³/mol. The Balaban J connectivity index is 1.44. The summed E-state index contributed by atoms with van der Waals surface area (Å²) in [7, 11) is 0. The van der Waals surface area contributed by atoms with Gasteiger partial charge in [0, 0.05) is 6.54 Å². The summed E-state index contributed by atoms with van der Waals surface area (Å²) in [5, 5.41) is 15.2. The molecule has 0 unspecified atom stereocenters. The van der Waals surface area contributed by atoms with Crippen molar-refractivity contribution in [2.45, 2.75) is 38.2 Å². The molecule has 0 radical (unpaired) electrons. The van der Waals surface area contributed by atoms with Gasteiger partial charge in [-0.1, -0.05) is 49.6 Å². The van der Waals surface area contributed by atoms with Gasteiger partial charge >= 0.3 is 0 Å². The number of carbonyl (C=O) groups excluding carboxylic acids is 1. The number of hydrogen-bond donors (Lipinski definition) is 2. The lowest BCUT2D eigenvalue weighted by Gasteiger charge is -2.26. The largest absolute Gasteiger partial charge is 0.484 e. The molecule has 128 valence electrons. The van der Waals surface area contributed by atoms with Crippen LogP contribution >= 0.6 is 0 Å². The number of ether oxygens (including phenoxy) is 1. The third-order valence-electron chi connectivity index (χ3n) is 4.79. The van der Waals surface area contributed by atoms with E-state index in [1.807, 2.05) is 42.5 Å². The molecule has 1 saturated carbocycles. The molecule has 24 heavy (non-hydrogen) atoms. The number of nitrogens with one attached hydrogen (secondary N) is 1. The fourth-order valence-corrected chi connectivity index (χ4v) is 3.36. The van der Waals surface area contributed by atoms with Gasteiger partial charge in [-0.3, -0.25) is 4.79 Å². The molecule has 0 spiro atoms. The van der Waals surface area contributed by atoms with Gasteiger partial charge in [0.2, 0.25) is 0 Å². The third kappa shape index (κ3) is 4.48. The van der Waals surface area contributed by atoms with Crippen molar-refractivity contribution in [2.75, 3.05) is 13.2 Å². The zero-order valence-electron chi connectivity index (χ0n) is 13.9. The second-order valence-electron chi connectivity index (χ2n) is 6.57. The van der Waals surface area contributed by atoms with Crippen LogP contribution in [0.2, 0.25) is 0 Å². The van der Waals surface area contributed by atoms with Crippen LogP contribution in [-0.2, 0) is 4.79 Å². The molecule has 4 heteroatoms. The lowest BCUT2D eigenvalue weighted by molar-refractivity contribution is -0.123. The van der Waals surface area contributed by atoms with E-state index in [4.69, 9.17) is 4.74 Å². The highest BCUT2D eigenvalue weighted by molar-refractivity contribution is 5.84. The summed E-state index contributed by atoms with van der Waals surface area (Å²) in [6.45, 7) is 0.278. The van der Waals surface area contributed by atoms with Crippen LogP contribution in [0, 0.1) is 5.92 Å². The van der Waals surface area contributed by atoms with Crippen molar-refractivity contribution < 1.29 is 14.6 Å². The smallest absolute Gasteiger partial charge is 0.258 e. The first-order chi connectivity index (χ1) is 11.7. The van der Waals surface area contributed by atoms with E-state index in [2.05, 4.69) is 5.32 Å². The van der Waals surface area contributed by atoms with Crippen LogP contribution in [0.4, 0.5) is 0 Å². The Bertz CT molecular complexity index is 679.